The topological polar surface area (TPSA) is 120 Å². The van der Waals surface area contributed by atoms with Crippen molar-refractivity contribution in [3.63, 3.8) is 0 Å². The lowest BCUT2D eigenvalue weighted by atomic mass is 10.4. The van der Waals surface area contributed by atoms with Crippen LogP contribution in [0.25, 0.3) is 0 Å². The van der Waals surface area contributed by atoms with Gasteiger partial charge in [0.1, 0.15) is 0 Å². The van der Waals surface area contributed by atoms with Crippen LogP contribution >= 0.6 is 0 Å². The maximum Gasteiger partial charge on any atom is 0.513 e. The van der Waals surface area contributed by atoms with E-state index in [1.807, 2.05) is 6.07 Å². The van der Waals surface area contributed by atoms with Gasteiger partial charge in [0, 0.05) is 19.0 Å². The molecule has 0 aliphatic rings. The average Bonchev–Trinajstić information content (AvgIpc) is 2.38. The molecule has 3 N–H and O–H groups in total. The van der Waals surface area contributed by atoms with E-state index in [4.69, 9.17) is 24.8 Å². The zero-order chi connectivity index (χ0) is 15.6. The number of hydrogen-bond donors (Lipinski definition) is 2. The highest BCUT2D eigenvalue weighted by Crippen LogP contribution is 2.08. The van der Waals surface area contributed by atoms with Crippen LogP contribution in [0.5, 0.6) is 0 Å². The summed E-state index contributed by atoms with van der Waals surface area (Å²) in [6.07, 6.45) is 0.746. The third-order valence-electron chi connectivity index (χ3n) is 2.10. The Hall–Kier alpha value is -2.28. The highest BCUT2D eigenvalue weighted by Gasteiger charge is 2.45. The molecule has 0 bridgehead atoms. The van der Waals surface area contributed by atoms with Gasteiger partial charge in [-0.3, -0.25) is 9.59 Å². The fraction of sp³-hybridized carbons (Fsp3) is 0.250. The summed E-state index contributed by atoms with van der Waals surface area (Å²) in [4.78, 5) is 30.6. The molecule has 0 unspecified atom stereocenters. The lowest BCUT2D eigenvalue weighted by molar-refractivity contribution is -0.138. The first-order valence-electron chi connectivity index (χ1n) is 5.60. The van der Waals surface area contributed by atoms with E-state index in [1.54, 1.807) is 24.3 Å². The van der Waals surface area contributed by atoms with Crippen molar-refractivity contribution in [2.24, 2.45) is 5.73 Å². The first-order chi connectivity index (χ1) is 9.41. The molecule has 1 rings (SSSR count). The number of hydrogen-bond acceptors (Lipinski definition) is 7. The second-order valence-corrected chi connectivity index (χ2v) is 6.51. The van der Waals surface area contributed by atoms with Crippen molar-refractivity contribution in [1.82, 2.24) is 0 Å². The van der Waals surface area contributed by atoms with Crippen LogP contribution in [0, 0.1) is 5.41 Å². The molecule has 0 atom stereocenters. The predicted molar refractivity (Wildman–Crippen MR) is 72.8 cm³/mol. The second-order valence-electron chi connectivity index (χ2n) is 3.61. The highest BCUT2D eigenvalue weighted by atomic mass is 28.4. The summed E-state index contributed by atoms with van der Waals surface area (Å²) in [5.74, 6) is -1.01. The van der Waals surface area contributed by atoms with E-state index in [0.717, 1.165) is 6.08 Å². The third-order valence-corrected chi connectivity index (χ3v) is 5.08. The van der Waals surface area contributed by atoms with Crippen molar-refractivity contribution in [2.75, 3.05) is 6.17 Å². The molecule has 0 radical (unpaired) electrons. The Bertz CT molecular complexity index is 470. The van der Waals surface area contributed by atoms with Crippen molar-refractivity contribution in [2.45, 2.75) is 13.8 Å². The van der Waals surface area contributed by atoms with Crippen LogP contribution in [0.4, 0.5) is 0 Å². The van der Waals surface area contributed by atoms with Gasteiger partial charge in [0.05, 0.1) is 6.17 Å². The van der Waals surface area contributed by atoms with Crippen molar-refractivity contribution in [3.05, 3.63) is 30.3 Å². The maximum absolute atomic E-state index is 11.1. The molecule has 0 aliphatic heterocycles. The van der Waals surface area contributed by atoms with Gasteiger partial charge in [-0.2, -0.15) is 0 Å². The van der Waals surface area contributed by atoms with E-state index in [-0.39, 0.29) is 6.17 Å². The largest absolute Gasteiger partial charge is 0.513 e. The minimum absolute atomic E-state index is 0.00380. The normalized spacial score (nSPS) is 9.55. The summed E-state index contributed by atoms with van der Waals surface area (Å²) in [7, 11) is -3.19. The molecule has 0 fully saturated rings. The Morgan fingerprint density at radius 3 is 1.90 bits per heavy atom. The van der Waals surface area contributed by atoms with Crippen LogP contribution in [0.15, 0.2) is 30.3 Å². The van der Waals surface area contributed by atoms with E-state index in [2.05, 4.69) is 0 Å². The van der Waals surface area contributed by atoms with Crippen LogP contribution in [0.2, 0.25) is 0 Å². The Morgan fingerprint density at radius 2 is 1.60 bits per heavy atom. The quantitative estimate of drug-likeness (QED) is 0.453. The molecule has 0 heterocycles. The number of isocyanates is 1. The zero-order valence-corrected chi connectivity index (χ0v) is 12.2. The van der Waals surface area contributed by atoms with E-state index >= 15 is 0 Å². The molecule has 0 aliphatic carbocycles. The summed E-state index contributed by atoms with van der Waals surface area (Å²) in [6.45, 7) is 2.54. The second kappa shape index (κ2) is 8.76. The minimum atomic E-state index is -3.19. The smallest absolute Gasteiger partial charge is 0.481 e. The fourth-order valence-electron chi connectivity index (χ4n) is 1.50. The summed E-state index contributed by atoms with van der Waals surface area (Å²) in [5.41, 5.74) is 5.64. The van der Waals surface area contributed by atoms with E-state index in [1.165, 1.54) is 13.8 Å². The third kappa shape index (κ3) is 5.57. The summed E-state index contributed by atoms with van der Waals surface area (Å²) in [6, 6.07) is 8.86. The summed E-state index contributed by atoms with van der Waals surface area (Å²) >= 11 is 0. The number of benzene rings is 1. The lowest BCUT2D eigenvalue weighted by Gasteiger charge is -2.27. The standard InChI is InChI=1S/C11H15NO4Si.CHNO/c1-9(13)15-17(8-12,16-10(2)14)11-6-4-3-5-7-11;2-1-3/h3-7H,8,12H2,1-2H3;2H. The van der Waals surface area contributed by atoms with Crippen LogP contribution < -0.4 is 10.9 Å². The van der Waals surface area contributed by atoms with E-state index in [0.29, 0.717) is 5.19 Å². The molecule has 1 aromatic rings. The van der Waals surface area contributed by atoms with Gasteiger partial charge in [-0.1, -0.05) is 30.3 Å². The predicted octanol–water partition coefficient (Wildman–Crippen LogP) is -0.139. The lowest BCUT2D eigenvalue weighted by Crippen LogP contribution is -2.61. The minimum Gasteiger partial charge on any atom is -0.481 e. The molecule has 7 nitrogen and oxygen atoms in total. The van der Waals surface area contributed by atoms with Gasteiger partial charge in [-0.25, -0.2) is 10.2 Å². The molecular weight excluding hydrogens is 280 g/mol. The zero-order valence-electron chi connectivity index (χ0n) is 11.2. The van der Waals surface area contributed by atoms with Gasteiger partial charge in [0.2, 0.25) is 6.08 Å². The first-order valence-corrected chi connectivity index (χ1v) is 7.62. The Morgan fingerprint density at radius 1 is 1.20 bits per heavy atom. The van der Waals surface area contributed by atoms with Crippen molar-refractivity contribution in [3.8, 4) is 0 Å². The Labute approximate surface area is 117 Å². The molecule has 0 aromatic heterocycles. The SMILES string of the molecule is CC(=O)O[Si](CN)(OC(C)=O)c1ccccc1.N=C=O. The molecule has 1 aromatic carbocycles. The van der Waals surface area contributed by atoms with Crippen molar-refractivity contribution < 1.29 is 23.2 Å². The number of nitrogens with two attached hydrogens (primary N) is 1. The van der Waals surface area contributed by atoms with Gasteiger partial charge >= 0.3 is 8.56 Å². The fourth-order valence-corrected chi connectivity index (χ4v) is 3.81. The van der Waals surface area contributed by atoms with Crippen LogP contribution in [-0.4, -0.2) is 32.7 Å². The average molecular weight is 296 g/mol. The van der Waals surface area contributed by atoms with Crippen LogP contribution in [-0.2, 0) is 23.2 Å². The maximum atomic E-state index is 11.1. The number of carbonyl (C=O) groups is 2. The summed E-state index contributed by atoms with van der Waals surface area (Å²) in [5, 5.41) is 6.06. The van der Waals surface area contributed by atoms with E-state index < -0.39 is 20.5 Å². The Kier molecular flexibility index (Phi) is 7.76. The molecule has 0 amide bonds. The number of nitrogens with one attached hydrogen (secondary N) is 1. The van der Waals surface area contributed by atoms with Gasteiger partial charge in [0.15, 0.2) is 0 Å². The molecular formula is C12H16N2O5Si. The molecule has 0 saturated carbocycles. The number of rotatable bonds is 4. The van der Waals surface area contributed by atoms with E-state index in [9.17, 15) is 9.59 Å². The summed E-state index contributed by atoms with van der Waals surface area (Å²) < 4.78 is 10.4. The van der Waals surface area contributed by atoms with Gasteiger partial charge in [0.25, 0.3) is 11.9 Å². The highest BCUT2D eigenvalue weighted by molar-refractivity contribution is 6.83. The Balaban J connectivity index is 0.00000110. The van der Waals surface area contributed by atoms with Crippen LogP contribution in [0.3, 0.4) is 0 Å². The first kappa shape index (κ1) is 17.7. The number of carbonyl (C=O) groups excluding carboxylic acids is 3. The monoisotopic (exact) mass is 296 g/mol. The van der Waals surface area contributed by atoms with Crippen molar-refractivity contribution in [1.29, 1.82) is 5.41 Å². The van der Waals surface area contributed by atoms with Crippen molar-refractivity contribution >= 4 is 31.8 Å². The van der Waals surface area contributed by atoms with Gasteiger partial charge < -0.3 is 14.6 Å². The molecule has 0 saturated heterocycles. The molecule has 8 heteroatoms. The van der Waals surface area contributed by atoms with Gasteiger partial charge in [-0.15, -0.1) is 0 Å². The molecule has 108 valence electrons. The molecule has 20 heavy (non-hydrogen) atoms. The van der Waals surface area contributed by atoms with Gasteiger partial charge in [-0.05, 0) is 0 Å². The van der Waals surface area contributed by atoms with Crippen LogP contribution in [0.1, 0.15) is 13.8 Å². The molecule has 0 spiro atoms.